The van der Waals surface area contributed by atoms with Gasteiger partial charge in [-0.15, -0.1) is 12.4 Å². The van der Waals surface area contributed by atoms with Crippen molar-refractivity contribution in [3.63, 3.8) is 0 Å². The number of esters is 1. The minimum absolute atomic E-state index is 0. The second kappa shape index (κ2) is 7.71. The lowest BCUT2D eigenvalue weighted by Gasteiger charge is -2.14. The van der Waals surface area contributed by atoms with E-state index in [2.05, 4.69) is 15.9 Å². The second-order valence-electron chi connectivity index (χ2n) is 3.74. The van der Waals surface area contributed by atoms with E-state index in [1.807, 2.05) is 0 Å². The summed E-state index contributed by atoms with van der Waals surface area (Å²) >= 11 is 3.27. The molecule has 0 aliphatic heterocycles. The first kappa shape index (κ1) is 17.4. The first-order chi connectivity index (χ1) is 7.95. The summed E-state index contributed by atoms with van der Waals surface area (Å²) in [5, 5.41) is 0. The lowest BCUT2D eigenvalue weighted by atomic mass is 10.0. The molecule has 3 nitrogen and oxygen atoms in total. The molecule has 1 aromatic carbocycles. The molecule has 0 aliphatic rings. The van der Waals surface area contributed by atoms with Gasteiger partial charge in [0.15, 0.2) is 0 Å². The number of carbonyl (C=O) groups is 1. The minimum Gasteiger partial charge on any atom is -0.466 e. The van der Waals surface area contributed by atoms with Crippen LogP contribution in [0.2, 0.25) is 0 Å². The summed E-state index contributed by atoms with van der Waals surface area (Å²) < 4.78 is 19.3. The molecule has 18 heavy (non-hydrogen) atoms. The van der Waals surface area contributed by atoms with E-state index >= 15 is 0 Å². The Bertz CT molecular complexity index is 429. The number of aryl methyl sites for hydroxylation is 1. The van der Waals surface area contributed by atoms with Gasteiger partial charge >= 0.3 is 5.97 Å². The normalized spacial score (nSPS) is 11.6. The fourth-order valence-corrected chi connectivity index (χ4v) is 2.12. The van der Waals surface area contributed by atoms with E-state index < -0.39 is 12.0 Å². The smallest absolute Gasteiger partial charge is 0.307 e. The summed E-state index contributed by atoms with van der Waals surface area (Å²) in [5.74, 6) is -0.790. The third kappa shape index (κ3) is 4.55. The number of hydrogen-bond acceptors (Lipinski definition) is 3. The molecule has 1 aromatic rings. The maximum absolute atomic E-state index is 13.8. The highest BCUT2D eigenvalue weighted by Gasteiger charge is 2.18. The van der Waals surface area contributed by atoms with E-state index in [0.717, 1.165) is 4.47 Å². The van der Waals surface area contributed by atoms with Crippen molar-refractivity contribution in [2.24, 2.45) is 5.73 Å². The third-order valence-electron chi connectivity index (χ3n) is 2.34. The molecule has 0 aliphatic carbocycles. The van der Waals surface area contributed by atoms with Gasteiger partial charge in [-0.2, -0.15) is 0 Å². The average Bonchev–Trinajstić information content (AvgIpc) is 2.23. The molecule has 0 unspecified atom stereocenters. The zero-order valence-electron chi connectivity index (χ0n) is 10.2. The Labute approximate surface area is 120 Å². The molecule has 2 N–H and O–H groups in total. The molecule has 0 heterocycles. The predicted octanol–water partition coefficient (Wildman–Crippen LogP) is 3.27. The highest BCUT2D eigenvalue weighted by Crippen LogP contribution is 2.25. The monoisotopic (exact) mass is 339 g/mol. The summed E-state index contributed by atoms with van der Waals surface area (Å²) in [4.78, 5) is 11.3. The Morgan fingerprint density at radius 1 is 1.56 bits per heavy atom. The third-order valence-corrected chi connectivity index (χ3v) is 2.80. The Morgan fingerprint density at radius 2 is 2.17 bits per heavy atom. The van der Waals surface area contributed by atoms with Crippen LogP contribution in [-0.4, -0.2) is 12.6 Å². The van der Waals surface area contributed by atoms with Crippen LogP contribution in [0.15, 0.2) is 16.6 Å². The van der Waals surface area contributed by atoms with Crippen LogP contribution in [0.3, 0.4) is 0 Å². The molecule has 6 heteroatoms. The maximum atomic E-state index is 13.8. The molecule has 0 saturated heterocycles. The van der Waals surface area contributed by atoms with Gasteiger partial charge < -0.3 is 10.5 Å². The van der Waals surface area contributed by atoms with Crippen LogP contribution in [0, 0.1) is 12.7 Å². The van der Waals surface area contributed by atoms with Gasteiger partial charge in [0.2, 0.25) is 0 Å². The number of rotatable bonds is 4. The molecule has 102 valence electrons. The fourth-order valence-electron chi connectivity index (χ4n) is 1.53. The molecule has 0 bridgehead atoms. The highest BCUT2D eigenvalue weighted by atomic mass is 79.9. The van der Waals surface area contributed by atoms with E-state index in [1.165, 1.54) is 0 Å². The van der Waals surface area contributed by atoms with Crippen LogP contribution in [0.25, 0.3) is 0 Å². The zero-order valence-corrected chi connectivity index (χ0v) is 12.6. The van der Waals surface area contributed by atoms with Crippen LogP contribution in [-0.2, 0) is 9.53 Å². The molecule has 1 rings (SSSR count). The van der Waals surface area contributed by atoms with Crippen molar-refractivity contribution in [2.75, 3.05) is 6.61 Å². The maximum Gasteiger partial charge on any atom is 0.307 e. The summed E-state index contributed by atoms with van der Waals surface area (Å²) in [6.07, 6.45) is -0.0271. The van der Waals surface area contributed by atoms with Gasteiger partial charge in [0.05, 0.1) is 13.0 Å². The first-order valence-electron chi connectivity index (χ1n) is 5.32. The Kier molecular flexibility index (Phi) is 7.43. The number of halogens is 3. The average molecular weight is 341 g/mol. The molecule has 0 aromatic heterocycles. The van der Waals surface area contributed by atoms with E-state index in [1.54, 1.807) is 26.0 Å². The summed E-state index contributed by atoms with van der Waals surface area (Å²) in [6, 6.07) is 2.56. The molecule has 0 saturated carbocycles. The van der Waals surface area contributed by atoms with E-state index in [9.17, 15) is 9.18 Å². The van der Waals surface area contributed by atoms with Gasteiger partial charge in [0, 0.05) is 16.1 Å². The SMILES string of the molecule is CCOC(=O)C[C@H](N)c1cc(Br)cc(C)c1F.Cl. The molecule has 0 spiro atoms. The molecular weight excluding hydrogens is 324 g/mol. The van der Waals surface area contributed by atoms with Crippen LogP contribution < -0.4 is 5.73 Å². The predicted molar refractivity (Wildman–Crippen MR) is 74.3 cm³/mol. The second-order valence-corrected chi connectivity index (χ2v) is 4.66. The Morgan fingerprint density at radius 3 is 2.72 bits per heavy atom. The quantitative estimate of drug-likeness (QED) is 0.856. The van der Waals surface area contributed by atoms with Crippen molar-refractivity contribution >= 4 is 34.3 Å². The summed E-state index contributed by atoms with van der Waals surface area (Å²) in [7, 11) is 0. The van der Waals surface area contributed by atoms with Crippen LogP contribution >= 0.6 is 28.3 Å². The van der Waals surface area contributed by atoms with Crippen molar-refractivity contribution in [2.45, 2.75) is 26.3 Å². The van der Waals surface area contributed by atoms with E-state index in [-0.39, 0.29) is 24.6 Å². The van der Waals surface area contributed by atoms with Crippen molar-refractivity contribution in [3.8, 4) is 0 Å². The fraction of sp³-hybridized carbons (Fsp3) is 0.417. The van der Waals surface area contributed by atoms with Gasteiger partial charge in [-0.3, -0.25) is 4.79 Å². The van der Waals surface area contributed by atoms with Crippen molar-refractivity contribution in [3.05, 3.63) is 33.5 Å². The topological polar surface area (TPSA) is 52.3 Å². The van der Waals surface area contributed by atoms with Crippen LogP contribution in [0.4, 0.5) is 4.39 Å². The van der Waals surface area contributed by atoms with Gasteiger partial charge in [0.25, 0.3) is 0 Å². The highest BCUT2D eigenvalue weighted by molar-refractivity contribution is 9.10. The number of hydrogen-bond donors (Lipinski definition) is 1. The Hall–Kier alpha value is -0.650. The molecular formula is C12H16BrClFNO2. The molecule has 1 atom stereocenters. The van der Waals surface area contributed by atoms with Crippen LogP contribution in [0.1, 0.15) is 30.5 Å². The molecule has 0 fully saturated rings. The zero-order chi connectivity index (χ0) is 13.0. The lowest BCUT2D eigenvalue weighted by Crippen LogP contribution is -2.18. The number of benzene rings is 1. The number of ether oxygens (including phenoxy) is 1. The van der Waals surface area contributed by atoms with Gasteiger partial charge in [-0.05, 0) is 31.5 Å². The van der Waals surface area contributed by atoms with Gasteiger partial charge in [-0.1, -0.05) is 15.9 Å². The van der Waals surface area contributed by atoms with Crippen LogP contribution in [0.5, 0.6) is 0 Å². The lowest BCUT2D eigenvalue weighted by molar-refractivity contribution is -0.143. The summed E-state index contributed by atoms with van der Waals surface area (Å²) in [6.45, 7) is 3.67. The van der Waals surface area contributed by atoms with Gasteiger partial charge in [-0.25, -0.2) is 4.39 Å². The summed E-state index contributed by atoms with van der Waals surface area (Å²) in [5.41, 5.74) is 6.62. The van der Waals surface area contributed by atoms with Crippen molar-refractivity contribution in [1.82, 2.24) is 0 Å². The standard InChI is InChI=1S/C12H15BrFNO2.ClH/c1-3-17-11(16)6-10(15)9-5-8(13)4-7(2)12(9)14;/h4-5,10H,3,6,15H2,1-2H3;1H/t10-;/m0./s1. The van der Waals surface area contributed by atoms with Crippen molar-refractivity contribution in [1.29, 1.82) is 0 Å². The number of nitrogens with two attached hydrogens (primary N) is 1. The Balaban J connectivity index is 0.00000289. The molecule has 0 amide bonds. The van der Waals surface area contributed by atoms with E-state index in [0.29, 0.717) is 17.7 Å². The largest absolute Gasteiger partial charge is 0.466 e. The molecule has 0 radical (unpaired) electrons. The van der Waals surface area contributed by atoms with E-state index in [4.69, 9.17) is 10.5 Å². The minimum atomic E-state index is -0.690. The van der Waals surface area contributed by atoms with Gasteiger partial charge in [0.1, 0.15) is 5.82 Å². The first-order valence-corrected chi connectivity index (χ1v) is 6.11. The van der Waals surface area contributed by atoms with Crippen molar-refractivity contribution < 1.29 is 13.9 Å². The number of carbonyl (C=O) groups excluding carboxylic acids is 1.